The zero-order valence-electron chi connectivity index (χ0n) is 13.7. The summed E-state index contributed by atoms with van der Waals surface area (Å²) >= 11 is 0. The van der Waals surface area contributed by atoms with Crippen LogP contribution in [0.2, 0.25) is 0 Å². The number of carbonyl (C=O) groups is 1. The van der Waals surface area contributed by atoms with Gasteiger partial charge in [-0.05, 0) is 80.6 Å². The average molecular weight is 313 g/mol. The van der Waals surface area contributed by atoms with Gasteiger partial charge >= 0.3 is 5.97 Å². The van der Waals surface area contributed by atoms with Gasteiger partial charge in [-0.2, -0.15) is 0 Å². The molecule has 0 aromatic carbocycles. The fourth-order valence-corrected chi connectivity index (χ4v) is 6.86. The summed E-state index contributed by atoms with van der Waals surface area (Å²) in [6, 6.07) is -0.297. The Morgan fingerprint density at radius 2 is 1.91 bits per heavy atom. The third-order valence-electron chi connectivity index (χ3n) is 7.76. The van der Waals surface area contributed by atoms with Crippen molar-refractivity contribution in [1.82, 2.24) is 5.32 Å². The topological polar surface area (TPSA) is 49.3 Å². The molecule has 4 aliphatic carbocycles. The fourth-order valence-electron chi connectivity index (χ4n) is 6.86. The maximum atomic E-state index is 11.5. The Morgan fingerprint density at radius 3 is 2.78 bits per heavy atom. The number of hydrogen-bond donors (Lipinski definition) is 2. The first kappa shape index (κ1) is 14.3. The Hall–Kier alpha value is -1.09. The Kier molecular flexibility index (Phi) is 3.23. The highest BCUT2D eigenvalue weighted by atomic mass is 16.4. The minimum absolute atomic E-state index is 0.297. The molecule has 5 rings (SSSR count). The zero-order chi connectivity index (χ0) is 15.6. The van der Waals surface area contributed by atoms with Crippen LogP contribution in [0, 0.1) is 35.5 Å². The molecule has 0 radical (unpaired) electrons. The van der Waals surface area contributed by atoms with Crippen LogP contribution in [0.3, 0.4) is 0 Å². The van der Waals surface area contributed by atoms with Crippen molar-refractivity contribution in [3.05, 3.63) is 23.3 Å². The standard InChI is InChI=1S/C20H27NO2/c22-20(23)19-17-9-16-14-6-5-11-3-1-2-4-12(11)13(14)7-8-15(16)18(17)10-21-19/h5-6,12-13,15-19,21H,1-4,7-10H2,(H,22,23). The van der Waals surface area contributed by atoms with E-state index in [1.54, 1.807) is 11.1 Å². The summed E-state index contributed by atoms with van der Waals surface area (Å²) in [5.74, 6) is 3.33. The summed E-state index contributed by atoms with van der Waals surface area (Å²) in [5, 5.41) is 12.8. The molecule has 1 aliphatic heterocycles. The molecule has 3 heteroatoms. The Morgan fingerprint density at radius 1 is 1.00 bits per heavy atom. The van der Waals surface area contributed by atoms with Gasteiger partial charge in [-0.15, -0.1) is 0 Å². The van der Waals surface area contributed by atoms with Crippen LogP contribution < -0.4 is 5.32 Å². The molecule has 0 aromatic heterocycles. The molecule has 3 saturated carbocycles. The van der Waals surface area contributed by atoms with Gasteiger partial charge in [0.1, 0.15) is 6.04 Å². The third kappa shape index (κ3) is 2.02. The van der Waals surface area contributed by atoms with E-state index in [9.17, 15) is 9.90 Å². The van der Waals surface area contributed by atoms with E-state index in [2.05, 4.69) is 17.5 Å². The van der Waals surface area contributed by atoms with Gasteiger partial charge in [-0.1, -0.05) is 29.7 Å². The molecule has 1 saturated heterocycles. The van der Waals surface area contributed by atoms with E-state index in [1.807, 2.05) is 0 Å². The van der Waals surface area contributed by atoms with Crippen LogP contribution in [0.4, 0.5) is 0 Å². The van der Waals surface area contributed by atoms with E-state index in [0.717, 1.165) is 30.7 Å². The number of allylic oxidation sites excluding steroid dienone is 4. The molecule has 4 fully saturated rings. The van der Waals surface area contributed by atoms with Crippen LogP contribution in [0.1, 0.15) is 44.9 Å². The van der Waals surface area contributed by atoms with Gasteiger partial charge in [0.25, 0.3) is 0 Å². The number of fused-ring (bicyclic) bond motifs is 7. The summed E-state index contributed by atoms with van der Waals surface area (Å²) in [6.07, 6.45) is 14.2. The van der Waals surface area contributed by atoms with Crippen molar-refractivity contribution in [2.24, 2.45) is 35.5 Å². The number of rotatable bonds is 1. The van der Waals surface area contributed by atoms with Crippen molar-refractivity contribution in [3.63, 3.8) is 0 Å². The maximum Gasteiger partial charge on any atom is 0.320 e. The van der Waals surface area contributed by atoms with Crippen molar-refractivity contribution in [3.8, 4) is 0 Å². The number of carboxylic acids is 1. The van der Waals surface area contributed by atoms with Gasteiger partial charge < -0.3 is 10.4 Å². The molecule has 0 bridgehead atoms. The maximum absolute atomic E-state index is 11.5. The van der Waals surface area contributed by atoms with Gasteiger partial charge in [-0.25, -0.2) is 0 Å². The highest BCUT2D eigenvalue weighted by Crippen LogP contribution is 2.58. The highest BCUT2D eigenvalue weighted by molar-refractivity contribution is 5.74. The minimum Gasteiger partial charge on any atom is -0.480 e. The molecule has 0 amide bonds. The first-order valence-electron chi connectivity index (χ1n) is 9.61. The van der Waals surface area contributed by atoms with Crippen LogP contribution >= 0.6 is 0 Å². The fraction of sp³-hybridized carbons (Fsp3) is 0.750. The molecule has 2 N–H and O–H groups in total. The quantitative estimate of drug-likeness (QED) is 0.780. The molecule has 1 heterocycles. The summed E-state index contributed by atoms with van der Waals surface area (Å²) in [7, 11) is 0. The number of hydrogen-bond acceptors (Lipinski definition) is 2. The molecular weight excluding hydrogens is 286 g/mol. The van der Waals surface area contributed by atoms with Gasteiger partial charge in [0, 0.05) is 0 Å². The first-order valence-corrected chi connectivity index (χ1v) is 9.61. The van der Waals surface area contributed by atoms with Crippen molar-refractivity contribution < 1.29 is 9.90 Å². The average Bonchev–Trinajstić information content (AvgIpc) is 3.13. The Bertz CT molecular complexity index is 592. The van der Waals surface area contributed by atoms with E-state index in [1.165, 1.54) is 38.5 Å². The zero-order valence-corrected chi connectivity index (χ0v) is 13.7. The largest absolute Gasteiger partial charge is 0.480 e. The summed E-state index contributed by atoms with van der Waals surface area (Å²) in [6.45, 7) is 0.922. The first-order chi connectivity index (χ1) is 11.2. The molecule has 5 aliphatic rings. The van der Waals surface area contributed by atoms with Crippen LogP contribution in [0.15, 0.2) is 23.3 Å². The van der Waals surface area contributed by atoms with Crippen LogP contribution in [0.25, 0.3) is 0 Å². The Balaban J connectivity index is 1.45. The predicted molar refractivity (Wildman–Crippen MR) is 88.9 cm³/mol. The molecule has 7 unspecified atom stereocenters. The number of carboxylic acid groups (broad SMARTS) is 1. The minimum atomic E-state index is -0.639. The lowest BCUT2D eigenvalue weighted by Gasteiger charge is -2.44. The van der Waals surface area contributed by atoms with Crippen LogP contribution in [-0.4, -0.2) is 23.7 Å². The molecule has 7 atom stereocenters. The van der Waals surface area contributed by atoms with E-state index < -0.39 is 5.97 Å². The van der Waals surface area contributed by atoms with Crippen molar-refractivity contribution in [2.75, 3.05) is 6.54 Å². The van der Waals surface area contributed by atoms with Crippen LogP contribution in [0.5, 0.6) is 0 Å². The SMILES string of the molecule is O=C(O)C1NCC2C3CCC4C(=CC=C5CCCCC54)C3CC12. The van der Waals surface area contributed by atoms with Gasteiger partial charge in [0.2, 0.25) is 0 Å². The lowest BCUT2D eigenvalue weighted by Crippen LogP contribution is -2.37. The summed E-state index contributed by atoms with van der Waals surface area (Å²) in [4.78, 5) is 11.5. The predicted octanol–water partition coefficient (Wildman–Crippen LogP) is 3.38. The number of nitrogens with one attached hydrogen (secondary N) is 1. The molecule has 124 valence electrons. The van der Waals surface area contributed by atoms with Crippen molar-refractivity contribution >= 4 is 5.97 Å². The molecule has 0 spiro atoms. The van der Waals surface area contributed by atoms with E-state index in [0.29, 0.717) is 17.8 Å². The van der Waals surface area contributed by atoms with E-state index in [4.69, 9.17) is 0 Å². The second kappa shape index (κ2) is 5.20. The highest BCUT2D eigenvalue weighted by Gasteiger charge is 2.55. The van der Waals surface area contributed by atoms with E-state index >= 15 is 0 Å². The molecule has 23 heavy (non-hydrogen) atoms. The summed E-state index contributed by atoms with van der Waals surface area (Å²) in [5.41, 5.74) is 3.42. The molecule has 3 nitrogen and oxygen atoms in total. The monoisotopic (exact) mass is 313 g/mol. The van der Waals surface area contributed by atoms with Gasteiger partial charge in [0.15, 0.2) is 0 Å². The summed E-state index contributed by atoms with van der Waals surface area (Å²) < 4.78 is 0. The van der Waals surface area contributed by atoms with Crippen molar-refractivity contribution in [2.45, 2.75) is 51.0 Å². The Labute approximate surface area is 138 Å². The second-order valence-electron chi connectivity index (χ2n) is 8.50. The lowest BCUT2D eigenvalue weighted by atomic mass is 9.60. The van der Waals surface area contributed by atoms with Crippen molar-refractivity contribution in [1.29, 1.82) is 0 Å². The molecule has 0 aromatic rings. The van der Waals surface area contributed by atoms with Gasteiger partial charge in [-0.3, -0.25) is 4.79 Å². The smallest absolute Gasteiger partial charge is 0.320 e. The lowest BCUT2D eigenvalue weighted by molar-refractivity contribution is -0.140. The second-order valence-corrected chi connectivity index (χ2v) is 8.50. The third-order valence-corrected chi connectivity index (χ3v) is 7.76. The van der Waals surface area contributed by atoms with Gasteiger partial charge in [0.05, 0.1) is 0 Å². The number of aliphatic carboxylic acids is 1. The molecular formula is C20H27NO2. The van der Waals surface area contributed by atoms with Crippen LogP contribution in [-0.2, 0) is 4.79 Å². The normalized spacial score (nSPS) is 47.7. The van der Waals surface area contributed by atoms with E-state index in [-0.39, 0.29) is 6.04 Å².